The first-order valence-corrected chi connectivity index (χ1v) is 13.6. The molecule has 0 fully saturated rings. The quantitative estimate of drug-likeness (QED) is 0.117. The predicted molar refractivity (Wildman–Crippen MR) is 130 cm³/mol. The second kappa shape index (κ2) is 15.5. The molecule has 0 saturated heterocycles. The van der Waals surface area contributed by atoms with Gasteiger partial charge in [-0.25, -0.2) is 4.18 Å². The summed E-state index contributed by atoms with van der Waals surface area (Å²) < 4.78 is 34.8. The molecule has 6 nitrogen and oxygen atoms in total. The van der Waals surface area contributed by atoms with Crippen molar-refractivity contribution in [2.24, 2.45) is 0 Å². The van der Waals surface area contributed by atoms with E-state index in [0.717, 1.165) is 30.5 Å². The van der Waals surface area contributed by atoms with Gasteiger partial charge in [-0.3, -0.25) is 9.35 Å². The van der Waals surface area contributed by atoms with Gasteiger partial charge in [-0.15, -0.1) is 0 Å². The van der Waals surface area contributed by atoms with Crippen molar-refractivity contribution in [2.75, 3.05) is 27.2 Å². The van der Waals surface area contributed by atoms with Crippen molar-refractivity contribution in [3.8, 4) is 0 Å². The monoisotopic (exact) mass is 470 g/mol. The van der Waals surface area contributed by atoms with Gasteiger partial charge in [-0.2, -0.15) is 8.42 Å². The number of rotatable bonds is 19. The standard InChI is InChI=1S/C25H43NO5S/c1-4-5-6-7-8-9-10-11-12-13-15-25(27)24-18-16-23(17-19-24)22-26(2,3)20-14-21-31-32(28,29)30/h16-19H,4-15,20-22H2,1-3H3/p+1. The summed E-state index contributed by atoms with van der Waals surface area (Å²) >= 11 is 0. The molecule has 0 aliphatic carbocycles. The van der Waals surface area contributed by atoms with Gasteiger partial charge in [0.15, 0.2) is 5.78 Å². The Morgan fingerprint density at radius 2 is 1.41 bits per heavy atom. The second-order valence-electron chi connectivity index (χ2n) is 9.47. The van der Waals surface area contributed by atoms with Gasteiger partial charge in [0.2, 0.25) is 0 Å². The van der Waals surface area contributed by atoms with Crippen LogP contribution in [0.25, 0.3) is 0 Å². The van der Waals surface area contributed by atoms with Gasteiger partial charge >= 0.3 is 10.4 Å². The van der Waals surface area contributed by atoms with Gasteiger partial charge in [0.05, 0.1) is 27.2 Å². The highest BCUT2D eigenvalue weighted by atomic mass is 32.3. The Balaban J connectivity index is 2.24. The van der Waals surface area contributed by atoms with Crippen LogP contribution in [0.2, 0.25) is 0 Å². The number of quaternary nitrogens is 1. The van der Waals surface area contributed by atoms with Crippen LogP contribution in [0.3, 0.4) is 0 Å². The average molecular weight is 471 g/mol. The maximum atomic E-state index is 12.4. The molecule has 0 heterocycles. The zero-order valence-electron chi connectivity index (χ0n) is 20.4. The fraction of sp³-hybridized carbons (Fsp3) is 0.720. The SMILES string of the molecule is CCCCCCCCCCCCC(=O)c1ccc(C[N+](C)(C)CCCOS(=O)(=O)O)cc1. The molecule has 0 aromatic heterocycles. The highest BCUT2D eigenvalue weighted by Crippen LogP contribution is 2.15. The Morgan fingerprint density at radius 3 is 1.94 bits per heavy atom. The summed E-state index contributed by atoms with van der Waals surface area (Å²) in [5.74, 6) is 0.215. The third-order valence-electron chi connectivity index (χ3n) is 5.78. The molecule has 0 radical (unpaired) electrons. The Bertz CT molecular complexity index is 744. The number of benzene rings is 1. The van der Waals surface area contributed by atoms with Crippen LogP contribution >= 0.6 is 0 Å². The van der Waals surface area contributed by atoms with Crippen LogP contribution in [0.5, 0.6) is 0 Å². The van der Waals surface area contributed by atoms with Crippen LogP contribution in [0, 0.1) is 0 Å². The average Bonchev–Trinajstić information content (AvgIpc) is 2.72. The largest absolute Gasteiger partial charge is 0.397 e. The molecular weight excluding hydrogens is 426 g/mol. The lowest BCUT2D eigenvalue weighted by Gasteiger charge is -2.29. The van der Waals surface area contributed by atoms with Crippen molar-refractivity contribution in [3.63, 3.8) is 0 Å². The Kier molecular flexibility index (Phi) is 14.0. The van der Waals surface area contributed by atoms with Crippen molar-refractivity contribution in [1.29, 1.82) is 0 Å². The molecule has 1 rings (SSSR count). The number of nitrogens with zero attached hydrogens (tertiary/aromatic N) is 1. The summed E-state index contributed by atoms with van der Waals surface area (Å²) in [6.45, 7) is 3.68. The summed E-state index contributed by atoms with van der Waals surface area (Å²) in [5, 5.41) is 0. The molecule has 0 saturated carbocycles. The number of hydrogen-bond acceptors (Lipinski definition) is 4. The van der Waals surface area contributed by atoms with Crippen LogP contribution in [0.15, 0.2) is 24.3 Å². The summed E-state index contributed by atoms with van der Waals surface area (Å²) in [7, 11) is -0.263. The zero-order chi connectivity index (χ0) is 23.9. The third kappa shape index (κ3) is 14.7. The molecule has 1 aromatic carbocycles. The molecule has 0 bridgehead atoms. The van der Waals surface area contributed by atoms with Gasteiger partial charge in [0, 0.05) is 24.0 Å². The first-order valence-electron chi connectivity index (χ1n) is 12.2. The minimum atomic E-state index is -4.37. The molecule has 184 valence electrons. The Morgan fingerprint density at radius 1 is 0.875 bits per heavy atom. The molecule has 0 aliphatic rings. The molecular formula is C25H44NO5S+. The highest BCUT2D eigenvalue weighted by Gasteiger charge is 2.17. The van der Waals surface area contributed by atoms with Crippen molar-refractivity contribution >= 4 is 16.2 Å². The maximum Gasteiger partial charge on any atom is 0.397 e. The maximum absolute atomic E-state index is 12.4. The Labute approximate surface area is 195 Å². The predicted octanol–water partition coefficient (Wildman–Crippen LogP) is 5.97. The van der Waals surface area contributed by atoms with E-state index in [9.17, 15) is 13.2 Å². The first kappa shape index (κ1) is 28.8. The van der Waals surface area contributed by atoms with E-state index >= 15 is 0 Å². The van der Waals surface area contributed by atoms with Crippen molar-refractivity contribution in [1.82, 2.24) is 0 Å². The topological polar surface area (TPSA) is 80.7 Å². The van der Waals surface area contributed by atoms with Gasteiger partial charge < -0.3 is 4.48 Å². The van der Waals surface area contributed by atoms with E-state index in [1.54, 1.807) is 0 Å². The molecule has 0 atom stereocenters. The van der Waals surface area contributed by atoms with Gasteiger partial charge in [-0.1, -0.05) is 89.0 Å². The van der Waals surface area contributed by atoms with Crippen LogP contribution < -0.4 is 0 Å². The van der Waals surface area contributed by atoms with E-state index in [4.69, 9.17) is 4.55 Å². The van der Waals surface area contributed by atoms with Crippen LogP contribution in [0.4, 0.5) is 0 Å². The lowest BCUT2D eigenvalue weighted by molar-refractivity contribution is -0.903. The number of unbranched alkanes of at least 4 members (excludes halogenated alkanes) is 9. The number of Topliss-reactive ketones (excluding diaryl/α,β-unsaturated/α-hetero) is 1. The first-order chi connectivity index (χ1) is 15.1. The van der Waals surface area contributed by atoms with E-state index in [1.165, 1.54) is 51.4 Å². The molecule has 1 N–H and O–H groups in total. The van der Waals surface area contributed by atoms with Gasteiger partial charge in [0.25, 0.3) is 0 Å². The van der Waals surface area contributed by atoms with Gasteiger partial charge in [-0.05, 0) is 6.42 Å². The minimum absolute atomic E-state index is 0.0348. The summed E-state index contributed by atoms with van der Waals surface area (Å²) in [6, 6.07) is 7.83. The van der Waals surface area contributed by atoms with Gasteiger partial charge in [0.1, 0.15) is 6.54 Å². The second-order valence-corrected chi connectivity index (χ2v) is 10.6. The minimum Gasteiger partial charge on any atom is -0.325 e. The normalized spacial score (nSPS) is 12.2. The van der Waals surface area contributed by atoms with E-state index in [2.05, 4.69) is 25.2 Å². The molecule has 0 aliphatic heterocycles. The van der Waals surface area contributed by atoms with Crippen LogP contribution in [-0.2, 0) is 21.1 Å². The van der Waals surface area contributed by atoms with Crippen molar-refractivity contribution in [3.05, 3.63) is 35.4 Å². The smallest absolute Gasteiger partial charge is 0.325 e. The third-order valence-corrected chi connectivity index (χ3v) is 6.25. The lowest BCUT2D eigenvalue weighted by Crippen LogP contribution is -2.40. The summed E-state index contributed by atoms with van der Waals surface area (Å²) in [5.41, 5.74) is 1.90. The van der Waals surface area contributed by atoms with Crippen LogP contribution in [0.1, 0.15) is 99.9 Å². The van der Waals surface area contributed by atoms with Crippen molar-refractivity contribution in [2.45, 2.75) is 90.5 Å². The van der Waals surface area contributed by atoms with E-state index in [0.29, 0.717) is 23.9 Å². The molecule has 0 amide bonds. The lowest BCUT2D eigenvalue weighted by atomic mass is 10.0. The number of carbonyl (C=O) groups excluding carboxylic acids is 1. The zero-order valence-corrected chi connectivity index (χ0v) is 21.2. The summed E-state index contributed by atoms with van der Waals surface area (Å²) in [4.78, 5) is 12.4. The highest BCUT2D eigenvalue weighted by molar-refractivity contribution is 7.80. The fourth-order valence-corrected chi connectivity index (χ4v) is 4.27. The molecule has 7 heteroatoms. The summed E-state index contributed by atoms with van der Waals surface area (Å²) in [6.07, 6.45) is 13.8. The molecule has 32 heavy (non-hydrogen) atoms. The number of ketones is 1. The Hall–Kier alpha value is -1.28. The van der Waals surface area contributed by atoms with E-state index < -0.39 is 10.4 Å². The fourth-order valence-electron chi connectivity index (χ4n) is 3.94. The van der Waals surface area contributed by atoms with E-state index in [-0.39, 0.29) is 12.4 Å². The van der Waals surface area contributed by atoms with E-state index in [1.807, 2.05) is 24.3 Å². The molecule has 1 aromatic rings. The molecule has 0 unspecified atom stereocenters. The number of hydrogen-bond donors (Lipinski definition) is 1. The number of carbonyl (C=O) groups is 1. The van der Waals surface area contributed by atoms with Crippen molar-refractivity contribution < 1.29 is 26.4 Å². The van der Waals surface area contributed by atoms with Crippen LogP contribution in [-0.4, -0.2) is 50.5 Å². The molecule has 0 spiro atoms.